The predicted octanol–water partition coefficient (Wildman–Crippen LogP) is 5.79. The molecule has 0 heterocycles. The van der Waals surface area contributed by atoms with Gasteiger partial charge < -0.3 is 4.90 Å². The van der Waals surface area contributed by atoms with Crippen LogP contribution in [0.3, 0.4) is 0 Å². The van der Waals surface area contributed by atoms with Crippen LogP contribution in [0.5, 0.6) is 0 Å². The minimum atomic E-state index is 0.166. The smallest absolute Gasteiger partial charge is 0.254 e. The first kappa shape index (κ1) is 18.7. The van der Waals surface area contributed by atoms with Gasteiger partial charge in [0.15, 0.2) is 0 Å². The van der Waals surface area contributed by atoms with E-state index in [0.717, 1.165) is 12.0 Å². The number of nitrogens with zero attached hydrogens (tertiary/aromatic N) is 1. The lowest BCUT2D eigenvalue weighted by Crippen LogP contribution is -2.48. The molecule has 3 atom stereocenters. The first-order valence-electron chi connectivity index (χ1n) is 9.96. The summed E-state index contributed by atoms with van der Waals surface area (Å²) in [6, 6.07) is 20.5. The summed E-state index contributed by atoms with van der Waals surface area (Å²) in [5.41, 5.74) is 2.00. The molecule has 0 aliphatic heterocycles. The summed E-state index contributed by atoms with van der Waals surface area (Å²) in [5, 5.41) is 0. The van der Waals surface area contributed by atoms with Crippen molar-refractivity contribution in [2.24, 2.45) is 17.8 Å². The number of hydrogen-bond donors (Lipinski definition) is 0. The van der Waals surface area contributed by atoms with Crippen molar-refractivity contribution in [3.63, 3.8) is 0 Å². The highest BCUT2D eigenvalue weighted by Gasteiger charge is 2.37. The second-order valence-corrected chi connectivity index (χ2v) is 8.18. The molecule has 3 rings (SSSR count). The summed E-state index contributed by atoms with van der Waals surface area (Å²) in [6.07, 6.45) is 3.60. The van der Waals surface area contributed by atoms with Crippen molar-refractivity contribution in [2.75, 3.05) is 0 Å². The number of carbonyl (C=O) groups excluding carboxylic acids is 1. The van der Waals surface area contributed by atoms with Crippen LogP contribution in [0.15, 0.2) is 60.7 Å². The Morgan fingerprint density at radius 1 is 1.00 bits per heavy atom. The van der Waals surface area contributed by atoms with Gasteiger partial charge in [0.2, 0.25) is 0 Å². The van der Waals surface area contributed by atoms with Crippen LogP contribution in [0, 0.1) is 17.8 Å². The van der Waals surface area contributed by atoms with E-state index in [4.69, 9.17) is 0 Å². The van der Waals surface area contributed by atoms with Crippen LogP contribution in [-0.4, -0.2) is 16.8 Å². The summed E-state index contributed by atoms with van der Waals surface area (Å²) < 4.78 is 0. The maximum atomic E-state index is 13.4. The maximum Gasteiger partial charge on any atom is 0.254 e. The van der Waals surface area contributed by atoms with Crippen LogP contribution in [0.1, 0.15) is 56.0 Å². The van der Waals surface area contributed by atoms with Crippen molar-refractivity contribution in [1.82, 2.24) is 4.90 Å². The van der Waals surface area contributed by atoms with Gasteiger partial charge in [-0.05, 0) is 48.3 Å². The summed E-state index contributed by atoms with van der Waals surface area (Å²) in [4.78, 5) is 15.6. The molecular weight excluding hydrogens is 318 g/mol. The monoisotopic (exact) mass is 349 g/mol. The number of hydrogen-bond acceptors (Lipinski definition) is 1. The van der Waals surface area contributed by atoms with Gasteiger partial charge in [-0.2, -0.15) is 0 Å². The molecule has 0 N–H and O–H groups in total. The van der Waals surface area contributed by atoms with Gasteiger partial charge in [0, 0.05) is 18.2 Å². The lowest BCUT2D eigenvalue weighted by atomic mass is 9.73. The van der Waals surface area contributed by atoms with Crippen LogP contribution in [0.2, 0.25) is 0 Å². The van der Waals surface area contributed by atoms with Gasteiger partial charge in [-0.25, -0.2) is 0 Å². The SMILES string of the molecule is CC(C)[C@H]1CC[C@@H](C)C[C@@H]1N(Cc1ccccc1)C(=O)c1ccccc1. The minimum Gasteiger partial charge on any atom is -0.331 e. The average molecular weight is 350 g/mol. The molecular formula is C24H31NO. The number of carbonyl (C=O) groups is 1. The first-order chi connectivity index (χ1) is 12.6. The Kier molecular flexibility index (Phi) is 6.13. The lowest BCUT2D eigenvalue weighted by molar-refractivity contribution is 0.0366. The fraction of sp³-hybridized carbons (Fsp3) is 0.458. The Hall–Kier alpha value is -2.09. The summed E-state index contributed by atoms with van der Waals surface area (Å²) >= 11 is 0. The Labute approximate surface area is 158 Å². The van der Waals surface area contributed by atoms with E-state index in [2.05, 4.69) is 49.9 Å². The fourth-order valence-corrected chi connectivity index (χ4v) is 4.38. The van der Waals surface area contributed by atoms with Gasteiger partial charge in [0.25, 0.3) is 5.91 Å². The Balaban J connectivity index is 1.94. The van der Waals surface area contributed by atoms with Crippen LogP contribution >= 0.6 is 0 Å². The topological polar surface area (TPSA) is 20.3 Å². The van der Waals surface area contributed by atoms with Gasteiger partial charge in [-0.15, -0.1) is 0 Å². The molecule has 1 fully saturated rings. The van der Waals surface area contributed by atoms with Gasteiger partial charge in [0.05, 0.1) is 0 Å². The van der Waals surface area contributed by atoms with E-state index in [1.807, 2.05) is 36.4 Å². The number of benzene rings is 2. The summed E-state index contributed by atoms with van der Waals surface area (Å²) in [7, 11) is 0. The van der Waals surface area contributed by atoms with Crippen molar-refractivity contribution in [1.29, 1.82) is 0 Å². The van der Waals surface area contributed by atoms with Crippen molar-refractivity contribution in [2.45, 2.75) is 52.6 Å². The van der Waals surface area contributed by atoms with Crippen LogP contribution < -0.4 is 0 Å². The van der Waals surface area contributed by atoms with E-state index in [-0.39, 0.29) is 5.91 Å². The highest BCUT2D eigenvalue weighted by Crippen LogP contribution is 2.37. The van der Waals surface area contributed by atoms with Crippen LogP contribution in [0.4, 0.5) is 0 Å². The lowest BCUT2D eigenvalue weighted by Gasteiger charge is -2.44. The molecule has 1 saturated carbocycles. The standard InChI is InChI=1S/C24H31NO/c1-18(2)22-15-14-19(3)16-23(22)25(17-20-10-6-4-7-11-20)24(26)21-12-8-5-9-13-21/h4-13,18-19,22-23H,14-17H2,1-3H3/t19-,22-,23+/m1/s1. The molecule has 2 heteroatoms. The minimum absolute atomic E-state index is 0.166. The van der Waals surface area contributed by atoms with Crippen molar-refractivity contribution in [3.8, 4) is 0 Å². The molecule has 0 bridgehead atoms. The van der Waals surface area contributed by atoms with E-state index >= 15 is 0 Å². The van der Waals surface area contributed by atoms with E-state index in [1.54, 1.807) is 0 Å². The largest absolute Gasteiger partial charge is 0.331 e. The summed E-state index contributed by atoms with van der Waals surface area (Å²) in [5.74, 6) is 2.01. The molecule has 0 aromatic heterocycles. The van der Waals surface area contributed by atoms with E-state index in [1.165, 1.54) is 18.4 Å². The van der Waals surface area contributed by atoms with Crippen LogP contribution in [-0.2, 0) is 6.54 Å². The molecule has 2 aromatic rings. The highest BCUT2D eigenvalue weighted by molar-refractivity contribution is 5.94. The van der Waals surface area contributed by atoms with Gasteiger partial charge in [-0.1, -0.05) is 75.7 Å². The third-order valence-corrected chi connectivity index (χ3v) is 5.86. The molecule has 0 saturated heterocycles. The molecule has 0 unspecified atom stereocenters. The zero-order chi connectivity index (χ0) is 18.5. The number of amides is 1. The second-order valence-electron chi connectivity index (χ2n) is 8.18. The number of rotatable bonds is 5. The third kappa shape index (κ3) is 4.35. The molecule has 1 aliphatic carbocycles. The van der Waals surface area contributed by atoms with Crippen molar-refractivity contribution < 1.29 is 4.79 Å². The zero-order valence-corrected chi connectivity index (χ0v) is 16.3. The summed E-state index contributed by atoms with van der Waals surface area (Å²) in [6.45, 7) is 7.63. The molecule has 138 valence electrons. The quantitative estimate of drug-likeness (QED) is 0.669. The predicted molar refractivity (Wildman–Crippen MR) is 108 cm³/mol. The second kappa shape index (κ2) is 8.53. The molecule has 1 aliphatic rings. The van der Waals surface area contributed by atoms with Crippen molar-refractivity contribution >= 4 is 5.91 Å². The molecule has 1 amide bonds. The molecule has 0 spiro atoms. The van der Waals surface area contributed by atoms with Gasteiger partial charge in [-0.3, -0.25) is 4.79 Å². The highest BCUT2D eigenvalue weighted by atomic mass is 16.2. The first-order valence-corrected chi connectivity index (χ1v) is 9.96. The van der Waals surface area contributed by atoms with Gasteiger partial charge >= 0.3 is 0 Å². The Morgan fingerprint density at radius 3 is 2.23 bits per heavy atom. The van der Waals surface area contributed by atoms with Crippen molar-refractivity contribution in [3.05, 3.63) is 71.8 Å². The van der Waals surface area contributed by atoms with Crippen LogP contribution in [0.25, 0.3) is 0 Å². The Bertz CT molecular complexity index is 695. The molecule has 2 aromatic carbocycles. The average Bonchev–Trinajstić information content (AvgIpc) is 2.67. The third-order valence-electron chi connectivity index (χ3n) is 5.86. The Morgan fingerprint density at radius 2 is 1.62 bits per heavy atom. The normalized spacial score (nSPS) is 23.0. The maximum absolute atomic E-state index is 13.4. The molecule has 0 radical (unpaired) electrons. The van der Waals surface area contributed by atoms with E-state index in [9.17, 15) is 4.79 Å². The fourth-order valence-electron chi connectivity index (χ4n) is 4.38. The zero-order valence-electron chi connectivity index (χ0n) is 16.3. The van der Waals surface area contributed by atoms with E-state index < -0.39 is 0 Å². The molecule has 2 nitrogen and oxygen atoms in total. The van der Waals surface area contributed by atoms with E-state index in [0.29, 0.717) is 30.3 Å². The molecule has 26 heavy (non-hydrogen) atoms. The van der Waals surface area contributed by atoms with Gasteiger partial charge in [0.1, 0.15) is 0 Å².